The SMILES string of the molecule is CCCC(C)C(O)c1cccc(C#N)c1. The zero-order chi connectivity index (χ0) is 11.3. The number of aliphatic hydroxyl groups excluding tert-OH is 1. The number of nitriles is 1. The van der Waals surface area contributed by atoms with Crippen molar-refractivity contribution >= 4 is 0 Å². The molecule has 0 heterocycles. The molecule has 0 aliphatic carbocycles. The van der Waals surface area contributed by atoms with E-state index in [-0.39, 0.29) is 5.92 Å². The Bertz CT molecular complexity index is 354. The third kappa shape index (κ3) is 3.07. The molecule has 2 atom stereocenters. The van der Waals surface area contributed by atoms with Crippen LogP contribution in [-0.4, -0.2) is 5.11 Å². The first-order valence-electron chi connectivity index (χ1n) is 5.37. The van der Waals surface area contributed by atoms with Crippen molar-refractivity contribution in [3.05, 3.63) is 35.4 Å². The first kappa shape index (κ1) is 11.7. The van der Waals surface area contributed by atoms with Gasteiger partial charge < -0.3 is 5.11 Å². The standard InChI is InChI=1S/C13H17NO/c1-3-5-10(2)13(15)12-7-4-6-11(8-12)9-14/h4,6-8,10,13,15H,3,5H2,1-2H3. The smallest absolute Gasteiger partial charge is 0.0991 e. The molecule has 1 aromatic rings. The Morgan fingerprint density at radius 2 is 2.20 bits per heavy atom. The Morgan fingerprint density at radius 3 is 2.80 bits per heavy atom. The Morgan fingerprint density at radius 1 is 1.47 bits per heavy atom. The van der Waals surface area contributed by atoms with Gasteiger partial charge >= 0.3 is 0 Å². The van der Waals surface area contributed by atoms with E-state index in [0.29, 0.717) is 5.56 Å². The maximum atomic E-state index is 10.0. The molecule has 2 heteroatoms. The molecular weight excluding hydrogens is 186 g/mol. The molecule has 0 amide bonds. The highest BCUT2D eigenvalue weighted by molar-refractivity contribution is 5.33. The minimum atomic E-state index is -0.460. The van der Waals surface area contributed by atoms with Crippen LogP contribution in [0.15, 0.2) is 24.3 Å². The van der Waals surface area contributed by atoms with Gasteiger partial charge in [0.2, 0.25) is 0 Å². The predicted molar refractivity (Wildman–Crippen MR) is 60.2 cm³/mol. The van der Waals surface area contributed by atoms with Crippen molar-refractivity contribution in [2.75, 3.05) is 0 Å². The minimum Gasteiger partial charge on any atom is -0.388 e. The molecular formula is C13H17NO. The second kappa shape index (κ2) is 5.53. The molecule has 0 saturated carbocycles. The highest BCUT2D eigenvalue weighted by atomic mass is 16.3. The minimum absolute atomic E-state index is 0.240. The van der Waals surface area contributed by atoms with E-state index in [0.717, 1.165) is 18.4 Å². The van der Waals surface area contributed by atoms with E-state index in [2.05, 4.69) is 13.0 Å². The maximum Gasteiger partial charge on any atom is 0.0991 e. The molecule has 0 aromatic heterocycles. The summed E-state index contributed by atoms with van der Waals surface area (Å²) in [7, 11) is 0. The van der Waals surface area contributed by atoms with Crippen LogP contribution < -0.4 is 0 Å². The van der Waals surface area contributed by atoms with Crippen LogP contribution in [-0.2, 0) is 0 Å². The largest absolute Gasteiger partial charge is 0.388 e. The lowest BCUT2D eigenvalue weighted by Crippen LogP contribution is -2.08. The zero-order valence-electron chi connectivity index (χ0n) is 9.27. The highest BCUT2D eigenvalue weighted by Crippen LogP contribution is 2.25. The van der Waals surface area contributed by atoms with Crippen LogP contribution in [0.5, 0.6) is 0 Å². The van der Waals surface area contributed by atoms with Gasteiger partial charge in [-0.25, -0.2) is 0 Å². The van der Waals surface area contributed by atoms with Crippen LogP contribution in [0.2, 0.25) is 0 Å². The molecule has 1 aromatic carbocycles. The van der Waals surface area contributed by atoms with E-state index in [1.165, 1.54) is 0 Å². The summed E-state index contributed by atoms with van der Waals surface area (Å²) in [4.78, 5) is 0. The van der Waals surface area contributed by atoms with Crippen LogP contribution in [0, 0.1) is 17.2 Å². The molecule has 80 valence electrons. The quantitative estimate of drug-likeness (QED) is 0.817. The molecule has 0 radical (unpaired) electrons. The maximum absolute atomic E-state index is 10.0. The zero-order valence-corrected chi connectivity index (χ0v) is 9.27. The van der Waals surface area contributed by atoms with Crippen molar-refractivity contribution < 1.29 is 5.11 Å². The second-order valence-electron chi connectivity index (χ2n) is 3.95. The summed E-state index contributed by atoms with van der Waals surface area (Å²) in [5, 5.41) is 18.8. The summed E-state index contributed by atoms with van der Waals surface area (Å²) in [6.07, 6.45) is 1.60. The van der Waals surface area contributed by atoms with Gasteiger partial charge in [0.15, 0.2) is 0 Å². The fourth-order valence-corrected chi connectivity index (χ4v) is 1.73. The molecule has 1 rings (SSSR count). The second-order valence-corrected chi connectivity index (χ2v) is 3.95. The van der Waals surface area contributed by atoms with Crippen molar-refractivity contribution in [1.82, 2.24) is 0 Å². The Hall–Kier alpha value is -1.33. The number of aliphatic hydroxyl groups is 1. The summed E-state index contributed by atoms with van der Waals surface area (Å²) in [5.41, 5.74) is 1.45. The topological polar surface area (TPSA) is 44.0 Å². The summed E-state index contributed by atoms with van der Waals surface area (Å²) in [6.45, 7) is 4.14. The van der Waals surface area contributed by atoms with Gasteiger partial charge in [-0.1, -0.05) is 32.4 Å². The summed E-state index contributed by atoms with van der Waals surface area (Å²) < 4.78 is 0. The van der Waals surface area contributed by atoms with E-state index in [9.17, 15) is 5.11 Å². The van der Waals surface area contributed by atoms with Crippen molar-refractivity contribution in [2.24, 2.45) is 5.92 Å². The van der Waals surface area contributed by atoms with Crippen LogP contribution in [0.4, 0.5) is 0 Å². The molecule has 15 heavy (non-hydrogen) atoms. The average molecular weight is 203 g/mol. The number of benzene rings is 1. The van der Waals surface area contributed by atoms with Crippen molar-refractivity contribution in [2.45, 2.75) is 32.8 Å². The molecule has 0 saturated heterocycles. The average Bonchev–Trinajstić information content (AvgIpc) is 2.28. The molecule has 0 spiro atoms. The van der Waals surface area contributed by atoms with Crippen LogP contribution in [0.3, 0.4) is 0 Å². The van der Waals surface area contributed by atoms with Gasteiger partial charge in [-0.3, -0.25) is 0 Å². The third-order valence-electron chi connectivity index (χ3n) is 2.64. The lowest BCUT2D eigenvalue weighted by atomic mass is 9.93. The van der Waals surface area contributed by atoms with Crippen LogP contribution in [0.1, 0.15) is 43.9 Å². The summed E-state index contributed by atoms with van der Waals surface area (Å²) in [6, 6.07) is 9.28. The first-order chi connectivity index (χ1) is 7.19. The molecule has 2 unspecified atom stereocenters. The summed E-state index contributed by atoms with van der Waals surface area (Å²) >= 11 is 0. The van der Waals surface area contributed by atoms with Gasteiger partial charge in [0.1, 0.15) is 0 Å². The summed E-state index contributed by atoms with van der Waals surface area (Å²) in [5.74, 6) is 0.240. The number of hydrogen-bond donors (Lipinski definition) is 1. The van der Waals surface area contributed by atoms with E-state index in [4.69, 9.17) is 5.26 Å². The highest BCUT2D eigenvalue weighted by Gasteiger charge is 2.15. The molecule has 1 N–H and O–H groups in total. The van der Waals surface area contributed by atoms with Gasteiger partial charge in [0.25, 0.3) is 0 Å². The molecule has 0 fully saturated rings. The van der Waals surface area contributed by atoms with Gasteiger partial charge in [0, 0.05) is 0 Å². The molecule has 0 aliphatic heterocycles. The van der Waals surface area contributed by atoms with E-state index in [1.807, 2.05) is 19.1 Å². The number of nitrogens with zero attached hydrogens (tertiary/aromatic N) is 1. The fourth-order valence-electron chi connectivity index (χ4n) is 1.73. The molecule has 0 bridgehead atoms. The Labute approximate surface area is 91.2 Å². The number of hydrogen-bond acceptors (Lipinski definition) is 2. The molecule has 0 aliphatic rings. The van der Waals surface area contributed by atoms with Gasteiger partial charge in [-0.2, -0.15) is 5.26 Å². The van der Waals surface area contributed by atoms with Gasteiger partial charge in [0.05, 0.1) is 17.7 Å². The van der Waals surface area contributed by atoms with Gasteiger partial charge in [-0.05, 0) is 30.0 Å². The van der Waals surface area contributed by atoms with Crippen LogP contribution >= 0.6 is 0 Å². The Kier molecular flexibility index (Phi) is 4.33. The number of rotatable bonds is 4. The Balaban J connectivity index is 2.82. The lowest BCUT2D eigenvalue weighted by molar-refractivity contribution is 0.112. The lowest BCUT2D eigenvalue weighted by Gasteiger charge is -2.18. The van der Waals surface area contributed by atoms with Crippen molar-refractivity contribution in [1.29, 1.82) is 5.26 Å². The first-order valence-corrected chi connectivity index (χ1v) is 5.37. The van der Waals surface area contributed by atoms with E-state index < -0.39 is 6.10 Å². The van der Waals surface area contributed by atoms with Crippen molar-refractivity contribution in [3.63, 3.8) is 0 Å². The third-order valence-corrected chi connectivity index (χ3v) is 2.64. The molecule has 2 nitrogen and oxygen atoms in total. The fraction of sp³-hybridized carbons (Fsp3) is 0.462. The van der Waals surface area contributed by atoms with Crippen molar-refractivity contribution in [3.8, 4) is 6.07 Å². The monoisotopic (exact) mass is 203 g/mol. The normalized spacial score (nSPS) is 14.3. The van der Waals surface area contributed by atoms with E-state index in [1.54, 1.807) is 12.1 Å². The predicted octanol–water partition coefficient (Wildman–Crippen LogP) is 3.03. The van der Waals surface area contributed by atoms with E-state index >= 15 is 0 Å². The van der Waals surface area contributed by atoms with Gasteiger partial charge in [-0.15, -0.1) is 0 Å². The van der Waals surface area contributed by atoms with Crippen LogP contribution in [0.25, 0.3) is 0 Å².